The number of nitrogens with one attached hydrogen (secondary N) is 1. The summed E-state index contributed by atoms with van der Waals surface area (Å²) in [5.41, 5.74) is 5.15. The molecule has 2 atom stereocenters. The molecule has 6 heteroatoms. The van der Waals surface area contributed by atoms with E-state index in [9.17, 15) is 9.59 Å². The Hall–Kier alpha value is -3.93. The smallest absolute Gasteiger partial charge is 0.246 e. The predicted molar refractivity (Wildman–Crippen MR) is 121 cm³/mol. The third kappa shape index (κ3) is 2.91. The molecule has 4 aromatic rings. The number of hydrogen-bond donors (Lipinski definition) is 1. The van der Waals surface area contributed by atoms with Crippen LogP contribution in [0.25, 0.3) is 10.9 Å². The molecule has 158 valence electrons. The fraction of sp³-hybridized carbons (Fsp3) is 0.192. The van der Waals surface area contributed by atoms with Crippen molar-refractivity contribution in [2.24, 2.45) is 0 Å². The van der Waals surface area contributed by atoms with E-state index in [4.69, 9.17) is 0 Å². The number of aromatic nitrogens is 2. The summed E-state index contributed by atoms with van der Waals surface area (Å²) in [5, 5.41) is 1.12. The van der Waals surface area contributed by atoms with Gasteiger partial charge in [-0.1, -0.05) is 48.5 Å². The van der Waals surface area contributed by atoms with Gasteiger partial charge in [0.1, 0.15) is 12.6 Å². The lowest BCUT2D eigenvalue weighted by atomic mass is 9.86. The fourth-order valence-electron chi connectivity index (χ4n) is 5.15. The molecule has 1 unspecified atom stereocenters. The highest BCUT2D eigenvalue weighted by Crippen LogP contribution is 2.42. The number of amides is 2. The molecular weight excluding hydrogens is 400 g/mol. The van der Waals surface area contributed by atoms with E-state index in [0.29, 0.717) is 13.0 Å². The van der Waals surface area contributed by atoms with Gasteiger partial charge in [-0.3, -0.25) is 14.6 Å². The summed E-state index contributed by atoms with van der Waals surface area (Å²) in [7, 11) is 0. The monoisotopic (exact) mass is 422 g/mol. The van der Waals surface area contributed by atoms with Gasteiger partial charge < -0.3 is 14.8 Å². The molecule has 0 saturated carbocycles. The Morgan fingerprint density at radius 1 is 0.938 bits per heavy atom. The molecule has 0 radical (unpaired) electrons. The van der Waals surface area contributed by atoms with Gasteiger partial charge in [0.05, 0.1) is 6.04 Å². The van der Waals surface area contributed by atoms with Crippen LogP contribution in [0.2, 0.25) is 0 Å². The number of carbonyl (C=O) groups is 2. The zero-order chi connectivity index (χ0) is 21.7. The first-order chi connectivity index (χ1) is 15.7. The lowest BCUT2D eigenvalue weighted by Crippen LogP contribution is -2.62. The molecule has 1 saturated heterocycles. The number of nitrogens with zero attached hydrogens (tertiary/aromatic N) is 3. The first-order valence-electron chi connectivity index (χ1n) is 10.8. The predicted octanol–water partition coefficient (Wildman–Crippen LogP) is 3.45. The van der Waals surface area contributed by atoms with Crippen molar-refractivity contribution in [1.82, 2.24) is 19.8 Å². The second-order valence-electron chi connectivity index (χ2n) is 8.45. The third-order valence-corrected chi connectivity index (χ3v) is 6.58. The molecule has 6 nitrogen and oxygen atoms in total. The maximum Gasteiger partial charge on any atom is 0.246 e. The molecule has 4 heterocycles. The number of hydrogen-bond acceptors (Lipinski definition) is 3. The lowest BCUT2D eigenvalue weighted by molar-refractivity contribution is -0.159. The molecule has 2 amide bonds. The molecule has 2 aliphatic rings. The van der Waals surface area contributed by atoms with E-state index in [2.05, 4.69) is 16.0 Å². The number of piperazine rings is 1. The zero-order valence-electron chi connectivity index (χ0n) is 17.4. The summed E-state index contributed by atoms with van der Waals surface area (Å²) < 4.78 is 0. The van der Waals surface area contributed by atoms with Crippen molar-refractivity contribution in [3.05, 3.63) is 102 Å². The standard InChI is InChI=1S/C26H22N4O2/c31-23-16-29(15-17-10-12-27-13-11-17)26(32)22-14-20-19-8-4-5-9-21(19)28-24(20)25(30(22)23)18-6-2-1-3-7-18/h1-13,22,25,28H,14-16H2/t22-,25?/m1/s1. The van der Waals surface area contributed by atoms with E-state index in [-0.39, 0.29) is 24.4 Å². The number of para-hydroxylation sites is 1. The average molecular weight is 422 g/mol. The van der Waals surface area contributed by atoms with Crippen LogP contribution in [0.5, 0.6) is 0 Å². The summed E-state index contributed by atoms with van der Waals surface area (Å²) in [5.74, 6) is -0.0277. The fourth-order valence-corrected chi connectivity index (χ4v) is 5.15. The topological polar surface area (TPSA) is 69.3 Å². The Labute approximate surface area is 185 Å². The van der Waals surface area contributed by atoms with Gasteiger partial charge >= 0.3 is 0 Å². The minimum Gasteiger partial charge on any atom is -0.356 e. The lowest BCUT2D eigenvalue weighted by Gasteiger charge is -2.47. The summed E-state index contributed by atoms with van der Waals surface area (Å²) in [6.07, 6.45) is 3.93. The van der Waals surface area contributed by atoms with Gasteiger partial charge in [0.25, 0.3) is 0 Å². The van der Waals surface area contributed by atoms with Crippen molar-refractivity contribution >= 4 is 22.7 Å². The van der Waals surface area contributed by atoms with E-state index < -0.39 is 6.04 Å². The van der Waals surface area contributed by atoms with Gasteiger partial charge in [0.2, 0.25) is 11.8 Å². The largest absolute Gasteiger partial charge is 0.356 e. The number of rotatable bonds is 3. The van der Waals surface area contributed by atoms with Gasteiger partial charge in [-0.2, -0.15) is 0 Å². The van der Waals surface area contributed by atoms with Gasteiger partial charge in [0, 0.05) is 42.0 Å². The number of carbonyl (C=O) groups excluding carboxylic acids is 2. The van der Waals surface area contributed by atoms with Crippen LogP contribution in [0.15, 0.2) is 79.1 Å². The molecule has 2 aliphatic heterocycles. The third-order valence-electron chi connectivity index (χ3n) is 6.58. The van der Waals surface area contributed by atoms with Crippen LogP contribution in [0, 0.1) is 0 Å². The average Bonchev–Trinajstić information content (AvgIpc) is 3.21. The minimum atomic E-state index is -0.519. The van der Waals surface area contributed by atoms with Gasteiger partial charge in [-0.15, -0.1) is 0 Å². The Morgan fingerprint density at radius 2 is 1.69 bits per heavy atom. The number of aromatic amines is 1. The van der Waals surface area contributed by atoms with Crippen LogP contribution < -0.4 is 0 Å². The molecule has 32 heavy (non-hydrogen) atoms. The minimum absolute atomic E-state index is 0.00160. The van der Waals surface area contributed by atoms with E-state index in [1.165, 1.54) is 0 Å². The van der Waals surface area contributed by atoms with Crippen molar-refractivity contribution in [3.8, 4) is 0 Å². The SMILES string of the molecule is O=C1[C@H]2Cc3c([nH]c4ccccc34)C(c3ccccc3)N2C(=O)CN1Cc1ccncc1. The number of fused-ring (bicyclic) bond motifs is 4. The number of H-pyrrole nitrogens is 1. The van der Waals surface area contributed by atoms with E-state index in [1.54, 1.807) is 22.2 Å². The van der Waals surface area contributed by atoms with Crippen molar-refractivity contribution < 1.29 is 9.59 Å². The Kier molecular flexibility index (Phi) is 4.31. The van der Waals surface area contributed by atoms with Crippen molar-refractivity contribution in [1.29, 1.82) is 0 Å². The normalized spacial score (nSPS) is 20.4. The van der Waals surface area contributed by atoms with Crippen molar-refractivity contribution in [2.75, 3.05) is 6.54 Å². The second-order valence-corrected chi connectivity index (χ2v) is 8.45. The molecule has 1 N–H and O–H groups in total. The highest BCUT2D eigenvalue weighted by atomic mass is 16.2. The number of pyridine rings is 1. The highest BCUT2D eigenvalue weighted by Gasteiger charge is 2.48. The molecule has 0 spiro atoms. The molecule has 2 aromatic carbocycles. The first-order valence-corrected chi connectivity index (χ1v) is 10.8. The molecule has 0 aliphatic carbocycles. The highest BCUT2D eigenvalue weighted by molar-refractivity contribution is 5.97. The van der Waals surface area contributed by atoms with Gasteiger partial charge in [-0.05, 0) is 34.9 Å². The maximum absolute atomic E-state index is 13.7. The molecule has 0 bridgehead atoms. The zero-order valence-corrected chi connectivity index (χ0v) is 17.4. The van der Waals surface area contributed by atoms with Crippen molar-refractivity contribution in [3.63, 3.8) is 0 Å². The molecule has 1 fully saturated rings. The van der Waals surface area contributed by atoms with E-state index in [1.807, 2.05) is 60.7 Å². The quantitative estimate of drug-likeness (QED) is 0.550. The van der Waals surface area contributed by atoms with Crippen LogP contribution in [0.1, 0.15) is 28.4 Å². The van der Waals surface area contributed by atoms with Crippen LogP contribution in [0.3, 0.4) is 0 Å². The van der Waals surface area contributed by atoms with Crippen LogP contribution in [0.4, 0.5) is 0 Å². The molecule has 6 rings (SSSR count). The molecule has 2 aromatic heterocycles. The van der Waals surface area contributed by atoms with Gasteiger partial charge in [-0.25, -0.2) is 0 Å². The van der Waals surface area contributed by atoms with Gasteiger partial charge in [0.15, 0.2) is 0 Å². The number of benzene rings is 2. The Bertz CT molecular complexity index is 1320. The van der Waals surface area contributed by atoms with Crippen molar-refractivity contribution in [2.45, 2.75) is 25.0 Å². The summed E-state index contributed by atoms with van der Waals surface area (Å²) in [4.78, 5) is 38.2. The summed E-state index contributed by atoms with van der Waals surface area (Å²) >= 11 is 0. The second kappa shape index (κ2) is 7.34. The first kappa shape index (κ1) is 18.8. The van der Waals surface area contributed by atoms with Crippen LogP contribution in [-0.2, 0) is 22.6 Å². The van der Waals surface area contributed by atoms with Crippen LogP contribution in [-0.4, -0.2) is 44.2 Å². The molecular formula is C26H22N4O2. The maximum atomic E-state index is 13.7. The summed E-state index contributed by atoms with van der Waals surface area (Å²) in [6, 6.07) is 21.1. The van der Waals surface area contributed by atoms with E-state index in [0.717, 1.165) is 33.3 Å². The summed E-state index contributed by atoms with van der Waals surface area (Å²) in [6.45, 7) is 0.491. The Balaban J connectivity index is 1.46. The van der Waals surface area contributed by atoms with Crippen LogP contribution >= 0.6 is 0 Å². The van der Waals surface area contributed by atoms with E-state index >= 15 is 0 Å². The Morgan fingerprint density at radius 3 is 2.50 bits per heavy atom.